The Bertz CT molecular complexity index is 1820. The zero-order valence-corrected chi connectivity index (χ0v) is 20.7. The summed E-state index contributed by atoms with van der Waals surface area (Å²) in [5.41, 5.74) is 8.18. The fraction of sp³-hybridized carbons (Fsp3) is 0.0323. The van der Waals surface area contributed by atoms with E-state index in [0.29, 0.717) is 5.02 Å². The predicted molar refractivity (Wildman–Crippen MR) is 144 cm³/mol. The van der Waals surface area contributed by atoms with Crippen LogP contribution in [0.5, 0.6) is 11.5 Å². The molecule has 0 saturated heterocycles. The van der Waals surface area contributed by atoms with Crippen molar-refractivity contribution in [1.82, 2.24) is 0 Å². The van der Waals surface area contributed by atoms with Gasteiger partial charge in [0.1, 0.15) is 11.3 Å². The van der Waals surface area contributed by atoms with Crippen molar-refractivity contribution in [3.63, 3.8) is 0 Å². The first-order valence-electron chi connectivity index (χ1n) is 11.5. The van der Waals surface area contributed by atoms with E-state index in [1.54, 1.807) is 0 Å². The lowest BCUT2D eigenvalue weighted by Crippen LogP contribution is -2.32. The van der Waals surface area contributed by atoms with Crippen LogP contribution in [-0.2, 0) is 5.41 Å². The van der Waals surface area contributed by atoms with Gasteiger partial charge in [-0.05, 0) is 58.7 Å². The van der Waals surface area contributed by atoms with Crippen molar-refractivity contribution in [2.75, 3.05) is 0 Å². The van der Waals surface area contributed by atoms with E-state index in [-0.39, 0.29) is 0 Å². The third kappa shape index (κ3) is 2.40. The third-order valence-electron chi connectivity index (χ3n) is 7.47. The van der Waals surface area contributed by atoms with Crippen LogP contribution in [0, 0.1) is 0 Å². The van der Waals surface area contributed by atoms with E-state index in [2.05, 4.69) is 82.7 Å². The van der Waals surface area contributed by atoms with Crippen molar-refractivity contribution in [3.8, 4) is 22.6 Å². The largest absolute Gasteiger partial charge is 0.453 e. The van der Waals surface area contributed by atoms with Crippen LogP contribution >= 0.6 is 27.5 Å². The number of hydrogen-bond donors (Lipinski definition) is 0. The summed E-state index contributed by atoms with van der Waals surface area (Å²) in [6.45, 7) is 0. The fourth-order valence-electron chi connectivity index (χ4n) is 6.14. The Kier molecular flexibility index (Phi) is 3.82. The lowest BCUT2D eigenvalue weighted by Gasteiger charge is -2.39. The predicted octanol–water partition coefficient (Wildman–Crippen LogP) is 9.47. The van der Waals surface area contributed by atoms with Crippen LogP contribution in [0.4, 0.5) is 0 Å². The molecule has 1 aliphatic heterocycles. The topological polar surface area (TPSA) is 22.4 Å². The molecule has 35 heavy (non-hydrogen) atoms. The Labute approximate surface area is 214 Å². The third-order valence-corrected chi connectivity index (χ3v) is 8.20. The number of furan rings is 1. The molecule has 4 heteroatoms. The summed E-state index contributed by atoms with van der Waals surface area (Å²) in [5, 5.41) is 2.70. The van der Waals surface area contributed by atoms with Crippen molar-refractivity contribution in [3.05, 3.63) is 129 Å². The smallest absolute Gasteiger partial charge is 0.178 e. The number of ether oxygens (including phenoxy) is 1. The van der Waals surface area contributed by atoms with Gasteiger partial charge in [-0.1, -0.05) is 82.1 Å². The minimum atomic E-state index is -0.523. The van der Waals surface area contributed by atoms with Gasteiger partial charge < -0.3 is 9.15 Å². The molecule has 2 nitrogen and oxygen atoms in total. The summed E-state index contributed by atoms with van der Waals surface area (Å²) in [5.74, 6) is 1.59. The molecule has 6 aromatic rings. The molecule has 0 fully saturated rings. The Hall–Kier alpha value is -3.53. The second-order valence-corrected chi connectivity index (χ2v) is 10.5. The van der Waals surface area contributed by atoms with Gasteiger partial charge in [-0.25, -0.2) is 0 Å². The van der Waals surface area contributed by atoms with Crippen molar-refractivity contribution >= 4 is 49.5 Å². The number of benzene rings is 5. The Balaban J connectivity index is 1.58. The van der Waals surface area contributed by atoms with E-state index >= 15 is 0 Å². The normalized spacial score (nSPS) is 14.5. The van der Waals surface area contributed by atoms with E-state index in [4.69, 9.17) is 20.8 Å². The molecule has 5 aromatic carbocycles. The average Bonchev–Trinajstić information content (AvgIpc) is 3.39. The lowest BCUT2D eigenvalue weighted by molar-refractivity contribution is 0.432. The van der Waals surface area contributed by atoms with Gasteiger partial charge in [0.15, 0.2) is 11.3 Å². The maximum atomic E-state index is 6.67. The molecular weight excluding hydrogens is 520 g/mol. The molecule has 0 N–H and O–H groups in total. The molecule has 0 atom stereocenters. The second-order valence-electron chi connectivity index (χ2n) is 9.15. The van der Waals surface area contributed by atoms with Crippen molar-refractivity contribution in [1.29, 1.82) is 0 Å². The van der Waals surface area contributed by atoms with Gasteiger partial charge in [0.2, 0.25) is 0 Å². The maximum absolute atomic E-state index is 6.67. The van der Waals surface area contributed by atoms with Crippen LogP contribution in [0.15, 0.2) is 106 Å². The van der Waals surface area contributed by atoms with Crippen LogP contribution in [0.3, 0.4) is 0 Å². The zero-order chi connectivity index (χ0) is 23.3. The van der Waals surface area contributed by atoms with Crippen molar-refractivity contribution < 1.29 is 9.15 Å². The van der Waals surface area contributed by atoms with Crippen LogP contribution < -0.4 is 4.74 Å². The van der Waals surface area contributed by atoms with Gasteiger partial charge in [-0.15, -0.1) is 0 Å². The quantitative estimate of drug-likeness (QED) is 0.193. The molecule has 0 unspecified atom stereocenters. The molecule has 0 radical (unpaired) electrons. The molecule has 8 rings (SSSR count). The Morgan fingerprint density at radius 2 is 1.37 bits per heavy atom. The summed E-state index contributed by atoms with van der Waals surface area (Å²) in [7, 11) is 0. The average molecular weight is 536 g/mol. The van der Waals surface area contributed by atoms with Gasteiger partial charge in [-0.3, -0.25) is 0 Å². The number of rotatable bonds is 0. The summed E-state index contributed by atoms with van der Waals surface area (Å²) in [4.78, 5) is 0. The van der Waals surface area contributed by atoms with Gasteiger partial charge >= 0.3 is 0 Å². The molecule has 0 saturated carbocycles. The van der Waals surface area contributed by atoms with Gasteiger partial charge in [0.25, 0.3) is 0 Å². The highest BCUT2D eigenvalue weighted by atomic mass is 79.9. The first kappa shape index (κ1) is 19.7. The molecule has 2 heterocycles. The summed E-state index contributed by atoms with van der Waals surface area (Å²) < 4.78 is 14.1. The zero-order valence-electron chi connectivity index (χ0n) is 18.3. The highest BCUT2D eigenvalue weighted by Gasteiger charge is 2.51. The van der Waals surface area contributed by atoms with Crippen LogP contribution in [-0.4, -0.2) is 0 Å². The van der Waals surface area contributed by atoms with E-state index in [0.717, 1.165) is 49.0 Å². The Morgan fingerprint density at radius 3 is 2.14 bits per heavy atom. The molecule has 1 aromatic heterocycles. The molecule has 0 bridgehead atoms. The standard InChI is InChI=1S/C31H16BrClO2/c32-17-9-14-27-26(15-17)31(23-7-3-1-5-19(23)20-6-2-4-8-24(20)31)25-13-12-22-21-11-10-18(33)16-28(21)35-29(22)30(25)34-27/h1-16H. The molecule has 0 amide bonds. The number of hydrogen-bond acceptors (Lipinski definition) is 2. The summed E-state index contributed by atoms with van der Waals surface area (Å²) in [6.07, 6.45) is 0. The second kappa shape index (κ2) is 6.78. The number of fused-ring (bicyclic) bond motifs is 13. The van der Waals surface area contributed by atoms with Gasteiger partial charge in [-0.2, -0.15) is 0 Å². The minimum absolute atomic E-state index is 0.523. The Morgan fingerprint density at radius 1 is 0.657 bits per heavy atom. The van der Waals surface area contributed by atoms with Crippen molar-refractivity contribution in [2.45, 2.75) is 5.41 Å². The lowest BCUT2D eigenvalue weighted by atomic mass is 9.66. The van der Waals surface area contributed by atoms with Gasteiger partial charge in [0, 0.05) is 37.5 Å². The van der Waals surface area contributed by atoms with Gasteiger partial charge in [0.05, 0.1) is 5.41 Å². The molecule has 1 aliphatic carbocycles. The van der Waals surface area contributed by atoms with E-state index in [9.17, 15) is 0 Å². The molecular formula is C31H16BrClO2. The number of halogens is 2. The van der Waals surface area contributed by atoms with E-state index in [1.807, 2.05) is 30.3 Å². The first-order chi connectivity index (χ1) is 17.2. The molecule has 2 aliphatic rings. The van der Waals surface area contributed by atoms with E-state index in [1.165, 1.54) is 22.3 Å². The SMILES string of the molecule is Clc1ccc2c(c1)oc1c3c(ccc12)C1(c2cc(Br)ccc2O3)c2ccccc2-c2ccccc21. The summed E-state index contributed by atoms with van der Waals surface area (Å²) in [6, 6.07) is 33.8. The van der Waals surface area contributed by atoms with Crippen LogP contribution in [0.1, 0.15) is 22.3 Å². The van der Waals surface area contributed by atoms with Crippen molar-refractivity contribution in [2.24, 2.45) is 0 Å². The van der Waals surface area contributed by atoms with Crippen LogP contribution in [0.25, 0.3) is 33.1 Å². The summed E-state index contributed by atoms with van der Waals surface area (Å²) >= 11 is 10.0. The first-order valence-corrected chi connectivity index (χ1v) is 12.7. The van der Waals surface area contributed by atoms with E-state index < -0.39 is 5.41 Å². The molecule has 166 valence electrons. The fourth-order valence-corrected chi connectivity index (χ4v) is 6.66. The molecule has 1 spiro atoms. The van der Waals surface area contributed by atoms with Crippen LogP contribution in [0.2, 0.25) is 5.02 Å². The minimum Gasteiger partial charge on any atom is -0.453 e. The monoisotopic (exact) mass is 534 g/mol. The highest BCUT2D eigenvalue weighted by molar-refractivity contribution is 9.10. The highest BCUT2D eigenvalue weighted by Crippen LogP contribution is 2.63. The maximum Gasteiger partial charge on any atom is 0.178 e.